The first-order valence-electron chi connectivity index (χ1n) is 9.46. The summed E-state index contributed by atoms with van der Waals surface area (Å²) in [6.45, 7) is 10.4. The molecule has 1 aromatic rings. The molecule has 1 aromatic carbocycles. The molecular weight excluding hydrogens is 282 g/mol. The van der Waals surface area contributed by atoms with Gasteiger partial charge in [0.15, 0.2) is 0 Å². The number of carbonyl (C=O) groups excluding carboxylic acids is 1. The summed E-state index contributed by atoms with van der Waals surface area (Å²) in [6.07, 6.45) is 9.70. The lowest BCUT2D eigenvalue weighted by molar-refractivity contribution is 0.0749. The monoisotopic (exact) mass is 317 g/mol. The molecule has 0 saturated heterocycles. The molecule has 0 saturated carbocycles. The van der Waals surface area contributed by atoms with Crippen molar-refractivity contribution in [2.45, 2.75) is 79.1 Å². The van der Waals surface area contributed by atoms with Gasteiger partial charge in [-0.2, -0.15) is 0 Å². The molecule has 0 aliphatic carbocycles. The number of nitrogens with zero attached hydrogens (tertiary/aromatic N) is 1. The van der Waals surface area contributed by atoms with Gasteiger partial charge in [0.05, 0.1) is 0 Å². The Balaban J connectivity index is 2.66. The Morgan fingerprint density at radius 1 is 0.826 bits per heavy atom. The summed E-state index contributed by atoms with van der Waals surface area (Å²) < 4.78 is 0. The van der Waals surface area contributed by atoms with Gasteiger partial charge in [-0.05, 0) is 49.9 Å². The van der Waals surface area contributed by atoms with Crippen LogP contribution in [0.5, 0.6) is 0 Å². The van der Waals surface area contributed by atoms with Gasteiger partial charge >= 0.3 is 0 Å². The summed E-state index contributed by atoms with van der Waals surface area (Å²) in [6, 6.07) is 6.09. The van der Waals surface area contributed by atoms with Crippen LogP contribution in [0.3, 0.4) is 0 Å². The fourth-order valence-electron chi connectivity index (χ4n) is 2.83. The van der Waals surface area contributed by atoms with Crippen LogP contribution in [0.4, 0.5) is 0 Å². The van der Waals surface area contributed by atoms with Crippen LogP contribution in [-0.2, 0) is 0 Å². The Morgan fingerprint density at radius 2 is 1.39 bits per heavy atom. The van der Waals surface area contributed by atoms with E-state index in [0.717, 1.165) is 31.5 Å². The zero-order valence-corrected chi connectivity index (χ0v) is 15.7. The quantitative estimate of drug-likeness (QED) is 0.465. The second-order valence-corrected chi connectivity index (χ2v) is 6.71. The maximum atomic E-state index is 12.9. The maximum Gasteiger partial charge on any atom is 0.253 e. The third-order valence-corrected chi connectivity index (χ3v) is 4.60. The van der Waals surface area contributed by atoms with E-state index >= 15 is 0 Å². The normalized spacial score (nSPS) is 10.8. The highest BCUT2D eigenvalue weighted by Gasteiger charge is 2.15. The van der Waals surface area contributed by atoms with E-state index in [2.05, 4.69) is 38.7 Å². The molecule has 130 valence electrons. The molecule has 0 aliphatic rings. The van der Waals surface area contributed by atoms with Gasteiger partial charge in [-0.15, -0.1) is 0 Å². The summed E-state index contributed by atoms with van der Waals surface area (Å²) in [5, 5.41) is 0. The molecule has 1 amide bonds. The molecule has 0 spiro atoms. The maximum absolute atomic E-state index is 12.9. The van der Waals surface area contributed by atoms with Crippen LogP contribution in [0.15, 0.2) is 18.2 Å². The van der Waals surface area contributed by atoms with Crippen molar-refractivity contribution < 1.29 is 4.79 Å². The smallest absolute Gasteiger partial charge is 0.253 e. The first-order chi connectivity index (χ1) is 11.1. The lowest BCUT2D eigenvalue weighted by Crippen LogP contribution is -2.33. The molecule has 2 nitrogen and oxygen atoms in total. The summed E-state index contributed by atoms with van der Waals surface area (Å²) in [5.41, 5.74) is 3.30. The molecule has 2 heteroatoms. The third kappa shape index (κ3) is 7.20. The van der Waals surface area contributed by atoms with E-state index in [-0.39, 0.29) is 5.91 Å². The van der Waals surface area contributed by atoms with Gasteiger partial charge in [0.1, 0.15) is 0 Å². The molecule has 0 fully saturated rings. The van der Waals surface area contributed by atoms with Crippen molar-refractivity contribution in [3.05, 3.63) is 34.9 Å². The highest BCUT2D eigenvalue weighted by atomic mass is 16.2. The van der Waals surface area contributed by atoms with Crippen LogP contribution in [-0.4, -0.2) is 23.9 Å². The largest absolute Gasteiger partial charge is 0.339 e. The van der Waals surface area contributed by atoms with E-state index in [4.69, 9.17) is 0 Å². The van der Waals surface area contributed by atoms with Crippen molar-refractivity contribution in [3.8, 4) is 0 Å². The number of rotatable bonds is 11. The van der Waals surface area contributed by atoms with E-state index in [0.29, 0.717) is 0 Å². The molecule has 0 bridgehead atoms. The topological polar surface area (TPSA) is 20.3 Å². The van der Waals surface area contributed by atoms with Gasteiger partial charge in [-0.1, -0.05) is 58.4 Å². The number of amides is 1. The van der Waals surface area contributed by atoms with Crippen molar-refractivity contribution in [2.24, 2.45) is 0 Å². The number of unbranched alkanes of at least 4 members (excludes halogenated alkanes) is 6. The van der Waals surface area contributed by atoms with E-state index in [1.807, 2.05) is 12.1 Å². The second kappa shape index (κ2) is 11.3. The first kappa shape index (κ1) is 19.7. The molecule has 23 heavy (non-hydrogen) atoms. The Morgan fingerprint density at radius 3 is 1.87 bits per heavy atom. The van der Waals surface area contributed by atoms with Gasteiger partial charge in [0, 0.05) is 18.7 Å². The average Bonchev–Trinajstić information content (AvgIpc) is 2.55. The van der Waals surface area contributed by atoms with Gasteiger partial charge in [0.2, 0.25) is 0 Å². The van der Waals surface area contributed by atoms with Crippen LogP contribution in [0.25, 0.3) is 0 Å². The van der Waals surface area contributed by atoms with Crippen molar-refractivity contribution >= 4 is 5.91 Å². The van der Waals surface area contributed by atoms with Crippen LogP contribution in [0.1, 0.15) is 86.7 Å². The predicted octanol–water partition coefficient (Wildman–Crippen LogP) is 5.91. The molecule has 1 rings (SSSR count). The number of hydrogen-bond acceptors (Lipinski definition) is 1. The van der Waals surface area contributed by atoms with E-state index < -0.39 is 0 Å². The fourth-order valence-corrected chi connectivity index (χ4v) is 2.83. The molecule has 0 N–H and O–H groups in total. The summed E-state index contributed by atoms with van der Waals surface area (Å²) in [7, 11) is 0. The zero-order valence-electron chi connectivity index (χ0n) is 15.7. The van der Waals surface area contributed by atoms with Crippen LogP contribution < -0.4 is 0 Å². The minimum atomic E-state index is 0.209. The van der Waals surface area contributed by atoms with Gasteiger partial charge in [0.25, 0.3) is 5.91 Å². The molecule has 0 radical (unpaired) electrons. The van der Waals surface area contributed by atoms with Gasteiger partial charge < -0.3 is 4.90 Å². The molecular formula is C21H35NO. The molecule has 0 atom stereocenters. The molecule has 0 aliphatic heterocycles. The minimum absolute atomic E-state index is 0.209. The molecule has 0 unspecified atom stereocenters. The fraction of sp³-hybridized carbons (Fsp3) is 0.667. The standard InChI is InChI=1S/C21H35NO/c1-5-7-9-11-15-22(16-12-10-8-6-2)21(23)20-14-13-18(3)19(4)17-20/h13-14,17H,5-12,15-16H2,1-4H3. The number of carbonyl (C=O) groups is 1. The average molecular weight is 318 g/mol. The van der Waals surface area contributed by atoms with E-state index in [1.54, 1.807) is 0 Å². The summed E-state index contributed by atoms with van der Waals surface area (Å²) >= 11 is 0. The van der Waals surface area contributed by atoms with Gasteiger partial charge in [-0.3, -0.25) is 4.79 Å². The number of benzene rings is 1. The number of aryl methyl sites for hydroxylation is 2. The van der Waals surface area contributed by atoms with E-state index in [1.165, 1.54) is 49.7 Å². The number of hydrogen-bond donors (Lipinski definition) is 0. The minimum Gasteiger partial charge on any atom is -0.339 e. The van der Waals surface area contributed by atoms with E-state index in [9.17, 15) is 4.79 Å². The summed E-state index contributed by atoms with van der Waals surface area (Å²) in [5.74, 6) is 0.209. The Kier molecular flexibility index (Phi) is 9.66. The van der Waals surface area contributed by atoms with Crippen LogP contribution in [0.2, 0.25) is 0 Å². The van der Waals surface area contributed by atoms with Crippen molar-refractivity contribution in [2.75, 3.05) is 13.1 Å². The van der Waals surface area contributed by atoms with Crippen molar-refractivity contribution in [1.82, 2.24) is 4.90 Å². The first-order valence-corrected chi connectivity index (χ1v) is 9.46. The Labute approximate surface area is 143 Å². The highest BCUT2D eigenvalue weighted by Crippen LogP contribution is 2.14. The van der Waals surface area contributed by atoms with Crippen LogP contribution in [0, 0.1) is 13.8 Å². The molecule has 0 heterocycles. The van der Waals surface area contributed by atoms with Crippen LogP contribution >= 0.6 is 0 Å². The Hall–Kier alpha value is -1.31. The van der Waals surface area contributed by atoms with Gasteiger partial charge in [-0.25, -0.2) is 0 Å². The predicted molar refractivity (Wildman–Crippen MR) is 100 cm³/mol. The van der Waals surface area contributed by atoms with Crippen molar-refractivity contribution in [3.63, 3.8) is 0 Å². The zero-order chi connectivity index (χ0) is 17.1. The Bertz CT molecular complexity index is 455. The third-order valence-electron chi connectivity index (χ3n) is 4.60. The second-order valence-electron chi connectivity index (χ2n) is 6.71. The SMILES string of the molecule is CCCCCCN(CCCCCC)C(=O)c1ccc(C)c(C)c1. The summed E-state index contributed by atoms with van der Waals surface area (Å²) in [4.78, 5) is 14.9. The van der Waals surface area contributed by atoms with Crippen molar-refractivity contribution in [1.29, 1.82) is 0 Å². The highest BCUT2D eigenvalue weighted by molar-refractivity contribution is 5.94. The lowest BCUT2D eigenvalue weighted by atomic mass is 10.0. The molecule has 0 aromatic heterocycles. The lowest BCUT2D eigenvalue weighted by Gasteiger charge is -2.23.